The van der Waals surface area contributed by atoms with Gasteiger partial charge in [-0.3, -0.25) is 9.69 Å². The number of fused-ring (bicyclic) bond motifs is 1. The minimum Gasteiger partial charge on any atom is -0.468 e. The van der Waals surface area contributed by atoms with Gasteiger partial charge in [0.1, 0.15) is 5.76 Å². The van der Waals surface area contributed by atoms with Crippen LogP contribution in [0, 0.1) is 0 Å². The van der Waals surface area contributed by atoms with E-state index in [-0.39, 0.29) is 18.0 Å². The van der Waals surface area contributed by atoms with Crippen molar-refractivity contribution in [2.75, 3.05) is 19.6 Å². The van der Waals surface area contributed by atoms with Crippen LogP contribution in [0.1, 0.15) is 54.9 Å². The maximum absolute atomic E-state index is 13.5. The number of likely N-dealkylation sites (tertiary alicyclic amines) is 1. The van der Waals surface area contributed by atoms with Crippen LogP contribution in [0.25, 0.3) is 22.3 Å². The molecule has 0 bridgehead atoms. The number of pyridine rings is 1. The summed E-state index contributed by atoms with van der Waals surface area (Å²) in [7, 11) is 0. The Balaban J connectivity index is 1.48. The number of rotatable bonds is 7. The van der Waals surface area contributed by atoms with Crippen LogP contribution in [-0.4, -0.2) is 45.2 Å². The van der Waals surface area contributed by atoms with Crippen LogP contribution in [0.15, 0.2) is 65.4 Å². The summed E-state index contributed by atoms with van der Waals surface area (Å²) in [6.07, 6.45) is 5.78. The van der Waals surface area contributed by atoms with Crippen molar-refractivity contribution >= 4 is 16.9 Å². The zero-order valence-electron chi connectivity index (χ0n) is 19.1. The zero-order chi connectivity index (χ0) is 22.8. The van der Waals surface area contributed by atoms with Crippen molar-refractivity contribution in [3.05, 3.63) is 72.3 Å². The molecule has 4 aromatic rings. The number of hydrogen-bond acceptors (Lipinski definition) is 5. The molecule has 5 rings (SSSR count). The molecule has 1 saturated heterocycles. The number of aromatic nitrogens is 3. The van der Waals surface area contributed by atoms with Gasteiger partial charge in [0.05, 0.1) is 35.1 Å². The Morgan fingerprint density at radius 1 is 1.12 bits per heavy atom. The number of hydrogen-bond donors (Lipinski definition) is 1. The first kappa shape index (κ1) is 21.4. The van der Waals surface area contributed by atoms with Gasteiger partial charge in [0, 0.05) is 18.2 Å². The molecule has 0 saturated carbocycles. The number of furan rings is 1. The summed E-state index contributed by atoms with van der Waals surface area (Å²) in [4.78, 5) is 20.7. The monoisotopic (exact) mass is 443 g/mol. The van der Waals surface area contributed by atoms with Gasteiger partial charge in [-0.05, 0) is 58.0 Å². The highest BCUT2D eigenvalue weighted by Crippen LogP contribution is 2.28. The Hall–Kier alpha value is -3.45. The Kier molecular flexibility index (Phi) is 5.96. The van der Waals surface area contributed by atoms with E-state index in [0.717, 1.165) is 41.1 Å². The van der Waals surface area contributed by atoms with Gasteiger partial charge in [-0.1, -0.05) is 30.3 Å². The third-order valence-electron chi connectivity index (χ3n) is 6.28. The standard InChI is InChI=1S/C26H29N5O2/c1-18(2)31-25-21(16-28-31)20(15-22(29-25)19-9-4-3-5-10-19)26(32)27-17-23(24-11-8-14-33-24)30-12-6-7-13-30/h3-5,8-11,14-16,18,23H,6-7,12-13,17H2,1-2H3,(H,27,32)/t23-/m0/s1. The summed E-state index contributed by atoms with van der Waals surface area (Å²) in [5.41, 5.74) is 3.04. The summed E-state index contributed by atoms with van der Waals surface area (Å²) in [6.45, 7) is 6.63. The first-order valence-electron chi connectivity index (χ1n) is 11.6. The van der Waals surface area contributed by atoms with Gasteiger partial charge < -0.3 is 9.73 Å². The van der Waals surface area contributed by atoms with E-state index >= 15 is 0 Å². The van der Waals surface area contributed by atoms with E-state index in [4.69, 9.17) is 9.40 Å². The Morgan fingerprint density at radius 3 is 2.61 bits per heavy atom. The lowest BCUT2D eigenvalue weighted by Crippen LogP contribution is -2.36. The van der Waals surface area contributed by atoms with Crippen molar-refractivity contribution in [3.8, 4) is 11.3 Å². The van der Waals surface area contributed by atoms with Crippen LogP contribution in [0.3, 0.4) is 0 Å². The van der Waals surface area contributed by atoms with E-state index in [1.807, 2.05) is 53.2 Å². The van der Waals surface area contributed by atoms with Crippen LogP contribution in [0.5, 0.6) is 0 Å². The maximum Gasteiger partial charge on any atom is 0.252 e. The lowest BCUT2D eigenvalue weighted by molar-refractivity contribution is 0.0935. The van der Waals surface area contributed by atoms with Crippen molar-refractivity contribution in [2.45, 2.75) is 38.8 Å². The van der Waals surface area contributed by atoms with E-state index in [2.05, 4.69) is 29.2 Å². The fourth-order valence-electron chi connectivity index (χ4n) is 4.57. The minimum atomic E-state index is -0.126. The van der Waals surface area contributed by atoms with Gasteiger partial charge in [0.15, 0.2) is 5.65 Å². The molecular formula is C26H29N5O2. The molecule has 33 heavy (non-hydrogen) atoms. The van der Waals surface area contributed by atoms with E-state index in [0.29, 0.717) is 12.1 Å². The second-order valence-electron chi connectivity index (χ2n) is 8.83. The molecule has 1 atom stereocenters. The second-order valence-corrected chi connectivity index (χ2v) is 8.83. The number of carbonyl (C=O) groups excluding carboxylic acids is 1. The largest absolute Gasteiger partial charge is 0.468 e. The van der Waals surface area contributed by atoms with Crippen molar-refractivity contribution in [3.63, 3.8) is 0 Å². The van der Waals surface area contributed by atoms with Crippen LogP contribution in [0.2, 0.25) is 0 Å². The third kappa shape index (κ3) is 4.28. The molecule has 1 aliphatic rings. The van der Waals surface area contributed by atoms with Crippen molar-refractivity contribution < 1.29 is 9.21 Å². The van der Waals surface area contributed by atoms with Crippen LogP contribution < -0.4 is 5.32 Å². The average Bonchev–Trinajstić information content (AvgIpc) is 3.61. The van der Waals surface area contributed by atoms with Gasteiger partial charge >= 0.3 is 0 Å². The predicted octanol–water partition coefficient (Wildman–Crippen LogP) is 4.84. The summed E-state index contributed by atoms with van der Waals surface area (Å²) in [5, 5.41) is 8.45. The highest BCUT2D eigenvalue weighted by Gasteiger charge is 2.27. The summed E-state index contributed by atoms with van der Waals surface area (Å²) in [6, 6.07) is 15.9. The molecule has 1 amide bonds. The molecule has 1 aliphatic heterocycles. The highest BCUT2D eigenvalue weighted by molar-refractivity contribution is 6.06. The molecule has 1 N–H and O–H groups in total. The molecular weight excluding hydrogens is 414 g/mol. The second kappa shape index (κ2) is 9.19. The average molecular weight is 444 g/mol. The lowest BCUT2D eigenvalue weighted by Gasteiger charge is -2.26. The third-order valence-corrected chi connectivity index (χ3v) is 6.28. The van der Waals surface area contributed by atoms with Crippen LogP contribution in [0.4, 0.5) is 0 Å². The molecule has 7 heteroatoms. The molecule has 7 nitrogen and oxygen atoms in total. The quantitative estimate of drug-likeness (QED) is 0.442. The normalized spacial score (nSPS) is 15.4. The van der Waals surface area contributed by atoms with Gasteiger partial charge in [0.25, 0.3) is 5.91 Å². The molecule has 0 spiro atoms. The van der Waals surface area contributed by atoms with Crippen molar-refractivity contribution in [1.82, 2.24) is 25.0 Å². The Morgan fingerprint density at radius 2 is 1.91 bits per heavy atom. The number of carbonyl (C=O) groups is 1. The van der Waals surface area contributed by atoms with Gasteiger partial charge in [0.2, 0.25) is 0 Å². The zero-order valence-corrected chi connectivity index (χ0v) is 19.1. The van der Waals surface area contributed by atoms with Gasteiger partial charge in [-0.2, -0.15) is 5.10 Å². The fourth-order valence-corrected chi connectivity index (χ4v) is 4.57. The molecule has 1 aromatic carbocycles. The van der Waals surface area contributed by atoms with E-state index in [1.165, 1.54) is 12.8 Å². The Labute approximate surface area is 193 Å². The van der Waals surface area contributed by atoms with Crippen molar-refractivity contribution in [2.24, 2.45) is 0 Å². The number of benzene rings is 1. The topological polar surface area (TPSA) is 76.2 Å². The smallest absolute Gasteiger partial charge is 0.252 e. The molecule has 170 valence electrons. The van der Waals surface area contributed by atoms with Crippen LogP contribution >= 0.6 is 0 Å². The van der Waals surface area contributed by atoms with E-state index in [1.54, 1.807) is 12.5 Å². The van der Waals surface area contributed by atoms with Crippen LogP contribution in [-0.2, 0) is 0 Å². The first-order valence-corrected chi connectivity index (χ1v) is 11.6. The predicted molar refractivity (Wildman–Crippen MR) is 128 cm³/mol. The van der Waals surface area contributed by atoms with E-state index in [9.17, 15) is 4.79 Å². The van der Waals surface area contributed by atoms with Crippen molar-refractivity contribution in [1.29, 1.82) is 0 Å². The summed E-state index contributed by atoms with van der Waals surface area (Å²) in [5.74, 6) is 0.758. The molecule has 3 aromatic heterocycles. The number of nitrogens with zero attached hydrogens (tertiary/aromatic N) is 4. The first-order chi connectivity index (χ1) is 16.1. The SMILES string of the molecule is CC(C)n1ncc2c(C(=O)NC[C@@H](c3ccco3)N3CCCC3)cc(-c3ccccc3)nc21. The van der Waals surface area contributed by atoms with E-state index < -0.39 is 0 Å². The molecule has 0 unspecified atom stereocenters. The lowest BCUT2D eigenvalue weighted by atomic mass is 10.1. The highest BCUT2D eigenvalue weighted by atomic mass is 16.3. The molecule has 0 aliphatic carbocycles. The Bertz CT molecular complexity index is 1220. The fraction of sp³-hybridized carbons (Fsp3) is 0.346. The number of nitrogens with one attached hydrogen (secondary N) is 1. The number of amides is 1. The maximum atomic E-state index is 13.5. The molecule has 1 fully saturated rings. The van der Waals surface area contributed by atoms with Gasteiger partial charge in [-0.15, -0.1) is 0 Å². The molecule has 4 heterocycles. The van der Waals surface area contributed by atoms with Gasteiger partial charge in [-0.25, -0.2) is 9.67 Å². The minimum absolute atomic E-state index is 0.0239. The summed E-state index contributed by atoms with van der Waals surface area (Å²) < 4.78 is 7.58. The molecule has 0 radical (unpaired) electrons. The summed E-state index contributed by atoms with van der Waals surface area (Å²) >= 11 is 0.